The smallest absolute Gasteiger partial charge is 0.130 e. The van der Waals surface area contributed by atoms with Gasteiger partial charge in [0.1, 0.15) is 11.6 Å². The van der Waals surface area contributed by atoms with Gasteiger partial charge in [-0.15, -0.1) is 11.6 Å². The fourth-order valence-electron chi connectivity index (χ4n) is 1.11. The van der Waals surface area contributed by atoms with E-state index in [1.54, 1.807) is 0 Å². The van der Waals surface area contributed by atoms with Gasteiger partial charge in [0, 0.05) is 18.0 Å². The van der Waals surface area contributed by atoms with Crippen LogP contribution in [-0.4, -0.2) is 12.4 Å². The predicted molar refractivity (Wildman–Crippen MR) is 53.4 cm³/mol. The Bertz CT molecular complexity index is 271. The summed E-state index contributed by atoms with van der Waals surface area (Å²) in [5, 5.41) is 2.92. The maximum absolute atomic E-state index is 13.1. The number of benzene rings is 1. The third-order valence-corrected chi connectivity index (χ3v) is 2.12. The highest BCUT2D eigenvalue weighted by atomic mass is 35.5. The average Bonchev–Trinajstić information content (AvgIpc) is 2.16. The monoisotopic (exact) mass is 219 g/mol. The van der Waals surface area contributed by atoms with Gasteiger partial charge in [-0.05, 0) is 25.1 Å². The lowest BCUT2D eigenvalue weighted by Crippen LogP contribution is -2.17. The van der Waals surface area contributed by atoms with E-state index in [2.05, 4.69) is 5.32 Å². The molecule has 1 N–H and O–H groups in total. The SMILES string of the molecule is Fc1cccc(F)c1CNCCCCl. The van der Waals surface area contributed by atoms with Gasteiger partial charge in [0.2, 0.25) is 0 Å². The third-order valence-electron chi connectivity index (χ3n) is 1.85. The summed E-state index contributed by atoms with van der Waals surface area (Å²) in [5.74, 6) is -0.473. The van der Waals surface area contributed by atoms with Crippen LogP contribution < -0.4 is 5.32 Å². The molecule has 0 bridgehead atoms. The maximum Gasteiger partial charge on any atom is 0.130 e. The average molecular weight is 220 g/mol. The highest BCUT2D eigenvalue weighted by Gasteiger charge is 2.06. The minimum absolute atomic E-state index is 0.0853. The summed E-state index contributed by atoms with van der Waals surface area (Å²) in [5.41, 5.74) is 0.0853. The topological polar surface area (TPSA) is 12.0 Å². The fraction of sp³-hybridized carbons (Fsp3) is 0.400. The van der Waals surface area contributed by atoms with E-state index in [1.165, 1.54) is 18.2 Å². The van der Waals surface area contributed by atoms with Crippen molar-refractivity contribution in [2.24, 2.45) is 0 Å². The van der Waals surface area contributed by atoms with Gasteiger partial charge in [0.15, 0.2) is 0 Å². The fourth-order valence-corrected chi connectivity index (χ4v) is 1.24. The third kappa shape index (κ3) is 3.24. The molecule has 0 saturated heterocycles. The number of nitrogens with one attached hydrogen (secondary N) is 1. The molecule has 0 aliphatic heterocycles. The van der Waals surface area contributed by atoms with Crippen LogP contribution >= 0.6 is 11.6 Å². The van der Waals surface area contributed by atoms with Crippen LogP contribution in [0.2, 0.25) is 0 Å². The van der Waals surface area contributed by atoms with E-state index in [4.69, 9.17) is 11.6 Å². The Labute approximate surface area is 87.1 Å². The van der Waals surface area contributed by atoms with Crippen LogP contribution in [0.15, 0.2) is 18.2 Å². The van der Waals surface area contributed by atoms with Crippen LogP contribution in [-0.2, 0) is 6.54 Å². The Balaban J connectivity index is 2.49. The molecule has 0 saturated carbocycles. The van der Waals surface area contributed by atoms with Gasteiger partial charge in [-0.2, -0.15) is 0 Å². The summed E-state index contributed by atoms with van der Waals surface area (Å²) in [7, 11) is 0. The number of hydrogen-bond donors (Lipinski definition) is 1. The minimum atomic E-state index is -0.511. The number of hydrogen-bond acceptors (Lipinski definition) is 1. The Morgan fingerprint density at radius 1 is 1.21 bits per heavy atom. The molecule has 0 atom stereocenters. The van der Waals surface area contributed by atoms with E-state index in [9.17, 15) is 8.78 Å². The predicted octanol–water partition coefficient (Wildman–Crippen LogP) is 2.68. The maximum atomic E-state index is 13.1. The minimum Gasteiger partial charge on any atom is -0.312 e. The summed E-state index contributed by atoms with van der Waals surface area (Å²) < 4.78 is 26.1. The summed E-state index contributed by atoms with van der Waals surface area (Å²) >= 11 is 5.46. The highest BCUT2D eigenvalue weighted by Crippen LogP contribution is 2.11. The molecule has 0 radical (unpaired) electrons. The molecule has 78 valence electrons. The molecule has 1 aromatic rings. The second kappa shape index (κ2) is 5.94. The molecule has 0 spiro atoms. The van der Waals surface area contributed by atoms with Gasteiger partial charge in [0.05, 0.1) is 0 Å². The number of halogens is 3. The van der Waals surface area contributed by atoms with Crippen molar-refractivity contribution in [2.45, 2.75) is 13.0 Å². The Hall–Kier alpha value is -0.670. The van der Waals surface area contributed by atoms with Crippen molar-refractivity contribution < 1.29 is 8.78 Å². The Morgan fingerprint density at radius 3 is 2.43 bits per heavy atom. The molecule has 0 aliphatic carbocycles. The van der Waals surface area contributed by atoms with Gasteiger partial charge >= 0.3 is 0 Å². The second-order valence-electron chi connectivity index (χ2n) is 2.92. The van der Waals surface area contributed by atoms with E-state index in [0.29, 0.717) is 12.4 Å². The zero-order valence-electron chi connectivity index (χ0n) is 7.69. The molecule has 4 heteroatoms. The van der Waals surface area contributed by atoms with E-state index in [0.717, 1.165) is 6.42 Å². The summed E-state index contributed by atoms with van der Waals surface area (Å²) in [6, 6.07) is 3.86. The molecule has 1 rings (SSSR count). The van der Waals surface area contributed by atoms with Crippen LogP contribution in [0, 0.1) is 11.6 Å². The molecule has 1 aromatic carbocycles. The highest BCUT2D eigenvalue weighted by molar-refractivity contribution is 6.17. The second-order valence-corrected chi connectivity index (χ2v) is 3.30. The van der Waals surface area contributed by atoms with Gasteiger partial charge in [-0.25, -0.2) is 8.78 Å². The van der Waals surface area contributed by atoms with Crippen LogP contribution in [0.1, 0.15) is 12.0 Å². The standard InChI is InChI=1S/C10H12ClF2N/c11-5-2-6-14-7-8-9(12)3-1-4-10(8)13/h1,3-4,14H,2,5-7H2. The first-order valence-corrected chi connectivity index (χ1v) is 4.98. The largest absolute Gasteiger partial charge is 0.312 e. The van der Waals surface area contributed by atoms with Crippen LogP contribution in [0.5, 0.6) is 0 Å². The van der Waals surface area contributed by atoms with Gasteiger partial charge in [0.25, 0.3) is 0 Å². The quantitative estimate of drug-likeness (QED) is 0.593. The number of alkyl halides is 1. The molecule has 0 fully saturated rings. The Kier molecular flexibility index (Phi) is 4.84. The van der Waals surface area contributed by atoms with Gasteiger partial charge < -0.3 is 5.32 Å². The van der Waals surface area contributed by atoms with E-state index >= 15 is 0 Å². The summed E-state index contributed by atoms with van der Waals surface area (Å²) in [6.07, 6.45) is 0.789. The van der Waals surface area contributed by atoms with Crippen LogP contribution in [0.3, 0.4) is 0 Å². The zero-order chi connectivity index (χ0) is 10.4. The van der Waals surface area contributed by atoms with Gasteiger partial charge in [-0.1, -0.05) is 6.07 Å². The molecule has 1 nitrogen and oxygen atoms in total. The molecule has 0 aromatic heterocycles. The Morgan fingerprint density at radius 2 is 1.86 bits per heavy atom. The normalized spacial score (nSPS) is 10.5. The van der Waals surface area contributed by atoms with Crippen molar-refractivity contribution in [1.82, 2.24) is 5.32 Å². The lowest BCUT2D eigenvalue weighted by atomic mass is 10.2. The molecular weight excluding hydrogens is 208 g/mol. The van der Waals surface area contributed by atoms with Crippen molar-refractivity contribution in [1.29, 1.82) is 0 Å². The van der Waals surface area contributed by atoms with Crippen molar-refractivity contribution >= 4 is 11.6 Å². The summed E-state index contributed by atoms with van der Waals surface area (Å²) in [6.45, 7) is 0.868. The van der Waals surface area contributed by atoms with Crippen molar-refractivity contribution in [2.75, 3.05) is 12.4 Å². The molecular formula is C10H12ClF2N. The lowest BCUT2D eigenvalue weighted by molar-refractivity contribution is 0.535. The molecule has 0 heterocycles. The van der Waals surface area contributed by atoms with E-state index in [1.807, 2.05) is 0 Å². The van der Waals surface area contributed by atoms with E-state index < -0.39 is 11.6 Å². The van der Waals surface area contributed by atoms with Gasteiger partial charge in [-0.3, -0.25) is 0 Å². The summed E-state index contributed by atoms with van der Waals surface area (Å²) in [4.78, 5) is 0. The van der Waals surface area contributed by atoms with Crippen LogP contribution in [0.4, 0.5) is 8.78 Å². The molecule has 0 aliphatic rings. The number of rotatable bonds is 5. The lowest BCUT2D eigenvalue weighted by Gasteiger charge is -2.05. The van der Waals surface area contributed by atoms with Crippen molar-refractivity contribution in [3.63, 3.8) is 0 Å². The van der Waals surface area contributed by atoms with Crippen molar-refractivity contribution in [3.8, 4) is 0 Å². The van der Waals surface area contributed by atoms with E-state index in [-0.39, 0.29) is 12.1 Å². The van der Waals surface area contributed by atoms with Crippen LogP contribution in [0.25, 0.3) is 0 Å². The first kappa shape index (κ1) is 11.4. The molecule has 14 heavy (non-hydrogen) atoms. The zero-order valence-corrected chi connectivity index (χ0v) is 8.45. The molecule has 0 unspecified atom stereocenters. The first-order chi connectivity index (χ1) is 6.75. The first-order valence-electron chi connectivity index (χ1n) is 4.45. The van der Waals surface area contributed by atoms with Crippen molar-refractivity contribution in [3.05, 3.63) is 35.4 Å². The molecule has 0 amide bonds.